The van der Waals surface area contributed by atoms with E-state index in [4.69, 9.17) is 4.42 Å². The molecule has 28 heavy (non-hydrogen) atoms. The quantitative estimate of drug-likeness (QED) is 0.683. The van der Waals surface area contributed by atoms with E-state index in [0.717, 1.165) is 17.0 Å². The number of nitrogens with zero attached hydrogens (tertiary/aromatic N) is 3. The summed E-state index contributed by atoms with van der Waals surface area (Å²) in [6.45, 7) is 1.35. The van der Waals surface area contributed by atoms with E-state index >= 15 is 0 Å². The highest BCUT2D eigenvalue weighted by Gasteiger charge is 2.34. The monoisotopic (exact) mass is 378 g/mol. The SMILES string of the molecule is O=C(NCCc1cnn(-c2ccccc2)c1)[C@@H]1CC(=O)N(Cc2ccco2)C1. The zero-order valence-corrected chi connectivity index (χ0v) is 15.5. The van der Waals surface area contributed by atoms with Crippen LogP contribution in [0.5, 0.6) is 0 Å². The summed E-state index contributed by atoms with van der Waals surface area (Å²) in [6, 6.07) is 13.5. The van der Waals surface area contributed by atoms with Crippen molar-refractivity contribution in [3.8, 4) is 5.69 Å². The Balaban J connectivity index is 1.25. The predicted octanol–water partition coefficient (Wildman–Crippen LogP) is 2.17. The molecule has 0 unspecified atom stereocenters. The lowest BCUT2D eigenvalue weighted by Crippen LogP contribution is -2.34. The van der Waals surface area contributed by atoms with Crippen LogP contribution in [-0.4, -0.2) is 39.6 Å². The molecular weight excluding hydrogens is 356 g/mol. The molecule has 2 amide bonds. The molecular formula is C21H22N4O3. The normalized spacial score (nSPS) is 16.5. The number of rotatable bonds is 7. The minimum Gasteiger partial charge on any atom is -0.467 e. The third-order valence-electron chi connectivity index (χ3n) is 4.88. The van der Waals surface area contributed by atoms with Crippen molar-refractivity contribution in [2.45, 2.75) is 19.4 Å². The van der Waals surface area contributed by atoms with Crippen LogP contribution in [0.2, 0.25) is 0 Å². The fraction of sp³-hybridized carbons (Fsp3) is 0.286. The van der Waals surface area contributed by atoms with Crippen LogP contribution in [0.4, 0.5) is 0 Å². The van der Waals surface area contributed by atoms with Gasteiger partial charge in [-0.1, -0.05) is 18.2 Å². The van der Waals surface area contributed by atoms with Crippen LogP contribution in [0.25, 0.3) is 5.69 Å². The van der Waals surface area contributed by atoms with Crippen molar-refractivity contribution in [2.24, 2.45) is 5.92 Å². The number of hydrogen-bond donors (Lipinski definition) is 1. The van der Waals surface area contributed by atoms with Gasteiger partial charge in [-0.3, -0.25) is 9.59 Å². The molecule has 0 radical (unpaired) electrons. The Hall–Kier alpha value is -3.35. The van der Waals surface area contributed by atoms with Gasteiger partial charge in [0.1, 0.15) is 5.76 Å². The van der Waals surface area contributed by atoms with Crippen molar-refractivity contribution < 1.29 is 14.0 Å². The highest BCUT2D eigenvalue weighted by atomic mass is 16.3. The van der Waals surface area contributed by atoms with Gasteiger partial charge in [0.05, 0.1) is 30.6 Å². The van der Waals surface area contributed by atoms with Gasteiger partial charge in [-0.05, 0) is 36.2 Å². The first-order chi connectivity index (χ1) is 13.7. The Morgan fingerprint density at radius 2 is 2.07 bits per heavy atom. The van der Waals surface area contributed by atoms with Crippen LogP contribution in [0.1, 0.15) is 17.7 Å². The van der Waals surface area contributed by atoms with Crippen LogP contribution in [0.15, 0.2) is 65.5 Å². The lowest BCUT2D eigenvalue weighted by Gasteiger charge is -2.15. The lowest BCUT2D eigenvalue weighted by molar-refractivity contribution is -0.129. The smallest absolute Gasteiger partial charge is 0.225 e. The second-order valence-corrected chi connectivity index (χ2v) is 6.92. The average molecular weight is 378 g/mol. The molecule has 3 aromatic rings. The highest BCUT2D eigenvalue weighted by molar-refractivity contribution is 5.89. The standard InChI is InChI=1S/C21H22N4O3/c26-20-11-17(14-24(20)15-19-7-4-10-28-19)21(27)22-9-8-16-12-23-25(13-16)18-5-2-1-3-6-18/h1-7,10,12-13,17H,8-9,11,14-15H2,(H,22,27)/t17-/m1/s1. The van der Waals surface area contributed by atoms with Crippen LogP contribution >= 0.6 is 0 Å². The topological polar surface area (TPSA) is 80.4 Å². The molecule has 1 aromatic carbocycles. The van der Waals surface area contributed by atoms with Crippen molar-refractivity contribution in [3.63, 3.8) is 0 Å². The van der Waals surface area contributed by atoms with E-state index in [1.807, 2.05) is 53.5 Å². The number of carbonyl (C=O) groups is 2. The Kier molecular flexibility index (Phi) is 5.23. The number of nitrogens with one attached hydrogen (secondary N) is 1. The Labute approximate surface area is 162 Å². The molecule has 0 bridgehead atoms. The number of furan rings is 1. The van der Waals surface area contributed by atoms with E-state index in [1.165, 1.54) is 0 Å². The van der Waals surface area contributed by atoms with Crippen molar-refractivity contribution in [3.05, 3.63) is 72.4 Å². The summed E-state index contributed by atoms with van der Waals surface area (Å²) in [5.41, 5.74) is 2.05. The number of likely N-dealkylation sites (tertiary alicyclic amines) is 1. The molecule has 7 heteroatoms. The fourth-order valence-electron chi connectivity index (χ4n) is 3.38. The molecule has 0 aliphatic carbocycles. The fourth-order valence-corrected chi connectivity index (χ4v) is 3.38. The van der Waals surface area contributed by atoms with Gasteiger partial charge in [0.2, 0.25) is 11.8 Å². The van der Waals surface area contributed by atoms with Gasteiger partial charge in [0, 0.05) is 25.7 Å². The summed E-state index contributed by atoms with van der Waals surface area (Å²) in [7, 11) is 0. The van der Waals surface area contributed by atoms with Crippen LogP contribution in [-0.2, 0) is 22.6 Å². The van der Waals surface area contributed by atoms with E-state index < -0.39 is 0 Å². The van der Waals surface area contributed by atoms with Gasteiger partial charge < -0.3 is 14.6 Å². The highest BCUT2D eigenvalue weighted by Crippen LogP contribution is 2.20. The molecule has 1 fully saturated rings. The van der Waals surface area contributed by atoms with Crippen molar-refractivity contribution in [2.75, 3.05) is 13.1 Å². The maximum atomic E-state index is 12.4. The zero-order chi connectivity index (χ0) is 19.3. The minimum absolute atomic E-state index is 0.0133. The van der Waals surface area contributed by atoms with Crippen LogP contribution < -0.4 is 5.32 Å². The number of para-hydroxylation sites is 1. The molecule has 3 heterocycles. The van der Waals surface area contributed by atoms with Crippen molar-refractivity contribution in [1.82, 2.24) is 20.0 Å². The van der Waals surface area contributed by atoms with Crippen LogP contribution in [0.3, 0.4) is 0 Å². The minimum atomic E-state index is -0.311. The molecule has 1 aliphatic heterocycles. The summed E-state index contributed by atoms with van der Waals surface area (Å²) >= 11 is 0. The third-order valence-corrected chi connectivity index (χ3v) is 4.88. The van der Waals surface area contributed by atoms with Crippen LogP contribution in [0, 0.1) is 5.92 Å². The van der Waals surface area contributed by atoms with Gasteiger partial charge in [-0.2, -0.15) is 5.10 Å². The summed E-state index contributed by atoms with van der Waals surface area (Å²) in [6.07, 6.45) is 6.29. The number of hydrogen-bond acceptors (Lipinski definition) is 4. The van der Waals surface area contributed by atoms with E-state index in [-0.39, 0.29) is 24.2 Å². The summed E-state index contributed by atoms with van der Waals surface area (Å²) < 4.78 is 7.10. The van der Waals surface area contributed by atoms with Gasteiger partial charge in [-0.25, -0.2) is 4.68 Å². The van der Waals surface area contributed by atoms with E-state index in [0.29, 0.717) is 26.1 Å². The summed E-state index contributed by atoms with van der Waals surface area (Å²) in [5, 5.41) is 7.30. The summed E-state index contributed by atoms with van der Waals surface area (Å²) in [5.74, 6) is 0.325. The van der Waals surface area contributed by atoms with Gasteiger partial charge >= 0.3 is 0 Å². The van der Waals surface area contributed by atoms with E-state index in [1.54, 1.807) is 17.2 Å². The number of benzene rings is 1. The second kappa shape index (κ2) is 8.12. The first-order valence-corrected chi connectivity index (χ1v) is 9.36. The molecule has 144 valence electrons. The molecule has 1 N–H and O–H groups in total. The Morgan fingerprint density at radius 1 is 1.21 bits per heavy atom. The van der Waals surface area contributed by atoms with E-state index in [9.17, 15) is 9.59 Å². The average Bonchev–Trinajstić information content (AvgIpc) is 3.45. The first-order valence-electron chi connectivity index (χ1n) is 9.36. The molecule has 7 nitrogen and oxygen atoms in total. The molecule has 1 saturated heterocycles. The molecule has 2 aromatic heterocycles. The summed E-state index contributed by atoms with van der Waals surface area (Å²) in [4.78, 5) is 26.2. The number of aromatic nitrogens is 2. The second-order valence-electron chi connectivity index (χ2n) is 6.92. The van der Waals surface area contributed by atoms with Crippen molar-refractivity contribution in [1.29, 1.82) is 0 Å². The van der Waals surface area contributed by atoms with Crippen molar-refractivity contribution >= 4 is 11.8 Å². The molecule has 0 saturated carbocycles. The first kappa shape index (κ1) is 18.0. The zero-order valence-electron chi connectivity index (χ0n) is 15.5. The molecule has 0 spiro atoms. The maximum absolute atomic E-state index is 12.4. The number of amides is 2. The van der Waals surface area contributed by atoms with Gasteiger partial charge in [0.15, 0.2) is 0 Å². The number of carbonyl (C=O) groups excluding carboxylic acids is 2. The predicted molar refractivity (Wildman–Crippen MR) is 103 cm³/mol. The van der Waals surface area contributed by atoms with Gasteiger partial charge in [-0.15, -0.1) is 0 Å². The Bertz CT molecular complexity index is 934. The molecule has 1 atom stereocenters. The molecule has 1 aliphatic rings. The van der Waals surface area contributed by atoms with E-state index in [2.05, 4.69) is 10.4 Å². The maximum Gasteiger partial charge on any atom is 0.225 e. The van der Waals surface area contributed by atoms with Gasteiger partial charge in [0.25, 0.3) is 0 Å². The largest absolute Gasteiger partial charge is 0.467 e. The third kappa shape index (κ3) is 4.14. The molecule has 4 rings (SSSR count). The lowest BCUT2D eigenvalue weighted by atomic mass is 10.1. The Morgan fingerprint density at radius 3 is 2.86 bits per heavy atom.